The summed E-state index contributed by atoms with van der Waals surface area (Å²) in [7, 11) is 0. The molecular weight excluding hydrogens is 568 g/mol. The number of hydrogen-bond acceptors (Lipinski definition) is 10. The SMILES string of the molecule is CCCCCCCCCCOCCOCCOCCOCCOCCOCCOCCOCCOCCOCCCCCC. The van der Waals surface area contributed by atoms with Crippen LogP contribution in [-0.2, 0) is 47.4 Å². The predicted molar refractivity (Wildman–Crippen MR) is 175 cm³/mol. The second-order valence-electron chi connectivity index (χ2n) is 10.7. The summed E-state index contributed by atoms with van der Waals surface area (Å²) < 4.78 is 55.2. The average Bonchev–Trinajstić information content (AvgIpc) is 3.04. The Labute approximate surface area is 270 Å². The van der Waals surface area contributed by atoms with Crippen LogP contribution in [0.3, 0.4) is 0 Å². The molecule has 0 heterocycles. The van der Waals surface area contributed by atoms with E-state index in [0.29, 0.717) is 119 Å². The highest BCUT2D eigenvalue weighted by molar-refractivity contribution is 4.46. The third kappa shape index (κ3) is 41.6. The van der Waals surface area contributed by atoms with Gasteiger partial charge in [0.2, 0.25) is 0 Å². The van der Waals surface area contributed by atoms with Gasteiger partial charge in [-0.15, -0.1) is 0 Å². The molecule has 0 spiro atoms. The highest BCUT2D eigenvalue weighted by Gasteiger charge is 1.97. The average molecular weight is 639 g/mol. The van der Waals surface area contributed by atoms with Gasteiger partial charge in [-0.25, -0.2) is 0 Å². The highest BCUT2D eigenvalue weighted by atomic mass is 16.6. The van der Waals surface area contributed by atoms with Crippen LogP contribution >= 0.6 is 0 Å². The molecule has 44 heavy (non-hydrogen) atoms. The van der Waals surface area contributed by atoms with E-state index < -0.39 is 0 Å². The van der Waals surface area contributed by atoms with Crippen molar-refractivity contribution in [1.82, 2.24) is 0 Å². The lowest BCUT2D eigenvalue weighted by Crippen LogP contribution is -2.15. The first-order chi connectivity index (χ1) is 21.9. The molecule has 0 bridgehead atoms. The van der Waals surface area contributed by atoms with Crippen LogP contribution in [-0.4, -0.2) is 132 Å². The molecule has 0 aromatic rings. The van der Waals surface area contributed by atoms with Gasteiger partial charge in [-0.3, -0.25) is 0 Å². The van der Waals surface area contributed by atoms with Crippen molar-refractivity contribution >= 4 is 0 Å². The molecule has 0 rings (SSSR count). The summed E-state index contributed by atoms with van der Waals surface area (Å²) in [5, 5.41) is 0. The number of hydrogen-bond donors (Lipinski definition) is 0. The molecule has 0 unspecified atom stereocenters. The first kappa shape index (κ1) is 43.6. The third-order valence-electron chi connectivity index (χ3n) is 6.63. The minimum Gasteiger partial charge on any atom is -0.379 e. The van der Waals surface area contributed by atoms with E-state index in [9.17, 15) is 0 Å². The topological polar surface area (TPSA) is 92.3 Å². The molecule has 0 aromatic carbocycles. The van der Waals surface area contributed by atoms with Crippen LogP contribution in [0.2, 0.25) is 0 Å². The summed E-state index contributed by atoms with van der Waals surface area (Å²) in [5.41, 5.74) is 0. The first-order valence-corrected chi connectivity index (χ1v) is 17.7. The molecule has 0 radical (unpaired) electrons. The maximum absolute atomic E-state index is 5.62. The minimum absolute atomic E-state index is 0.535. The fourth-order valence-corrected chi connectivity index (χ4v) is 4.05. The van der Waals surface area contributed by atoms with Gasteiger partial charge in [-0.1, -0.05) is 78.1 Å². The van der Waals surface area contributed by atoms with Gasteiger partial charge in [0.15, 0.2) is 0 Å². The van der Waals surface area contributed by atoms with Crippen molar-refractivity contribution in [3.63, 3.8) is 0 Å². The van der Waals surface area contributed by atoms with Gasteiger partial charge < -0.3 is 47.4 Å². The summed E-state index contributed by atoms with van der Waals surface area (Å²) in [6, 6.07) is 0. The van der Waals surface area contributed by atoms with Crippen LogP contribution in [0, 0.1) is 0 Å². The highest BCUT2D eigenvalue weighted by Crippen LogP contribution is 2.08. The predicted octanol–water partition coefficient (Wildman–Crippen LogP) is 5.87. The van der Waals surface area contributed by atoms with Crippen LogP contribution in [0.5, 0.6) is 0 Å². The lowest BCUT2D eigenvalue weighted by Gasteiger charge is -2.09. The molecule has 0 aliphatic rings. The van der Waals surface area contributed by atoms with Gasteiger partial charge in [0.25, 0.3) is 0 Å². The van der Waals surface area contributed by atoms with Crippen molar-refractivity contribution in [2.24, 2.45) is 0 Å². The molecule has 0 aromatic heterocycles. The normalized spacial score (nSPS) is 11.6. The molecule has 0 aliphatic heterocycles. The Hall–Kier alpha value is -0.400. The molecule has 266 valence electrons. The Bertz CT molecular complexity index is 445. The van der Waals surface area contributed by atoms with Crippen LogP contribution in [0.15, 0.2) is 0 Å². The van der Waals surface area contributed by atoms with E-state index in [1.165, 1.54) is 64.2 Å². The second-order valence-corrected chi connectivity index (χ2v) is 10.7. The lowest BCUT2D eigenvalue weighted by atomic mass is 10.1. The maximum atomic E-state index is 5.62. The minimum atomic E-state index is 0.535. The van der Waals surface area contributed by atoms with E-state index >= 15 is 0 Å². The zero-order valence-electron chi connectivity index (χ0n) is 28.7. The smallest absolute Gasteiger partial charge is 0.0701 e. The standard InChI is InChI=1S/C34H70O10/c1-3-5-7-9-10-11-12-14-16-36-18-20-38-22-24-40-26-28-42-30-32-44-34-33-43-31-29-41-27-25-39-23-21-37-19-17-35-15-13-8-6-4-2/h3-34H2,1-2H3. The van der Waals surface area contributed by atoms with Crippen LogP contribution < -0.4 is 0 Å². The van der Waals surface area contributed by atoms with Crippen molar-refractivity contribution in [3.05, 3.63) is 0 Å². The van der Waals surface area contributed by atoms with Crippen molar-refractivity contribution < 1.29 is 47.4 Å². The van der Waals surface area contributed by atoms with Crippen LogP contribution in [0.4, 0.5) is 0 Å². The fraction of sp³-hybridized carbons (Fsp3) is 1.00. The molecule has 0 saturated carbocycles. The van der Waals surface area contributed by atoms with E-state index in [1.807, 2.05) is 0 Å². The van der Waals surface area contributed by atoms with E-state index in [2.05, 4.69) is 13.8 Å². The van der Waals surface area contributed by atoms with Gasteiger partial charge in [0.1, 0.15) is 0 Å². The summed E-state index contributed by atoms with van der Waals surface area (Å²) in [4.78, 5) is 0. The molecular formula is C34H70O10. The fourth-order valence-electron chi connectivity index (χ4n) is 4.05. The molecule has 0 amide bonds. The van der Waals surface area contributed by atoms with Gasteiger partial charge in [0.05, 0.1) is 119 Å². The van der Waals surface area contributed by atoms with Crippen LogP contribution in [0.25, 0.3) is 0 Å². The summed E-state index contributed by atoms with van der Waals surface area (Å²) in [6.45, 7) is 16.4. The quantitative estimate of drug-likeness (QED) is 0.0757. The summed E-state index contributed by atoms with van der Waals surface area (Å²) in [5.74, 6) is 0. The Morgan fingerprint density at radius 1 is 0.182 bits per heavy atom. The van der Waals surface area contributed by atoms with Gasteiger partial charge in [0, 0.05) is 13.2 Å². The Balaban J connectivity index is 3.03. The number of ether oxygens (including phenoxy) is 10. The molecule has 0 N–H and O–H groups in total. The summed E-state index contributed by atoms with van der Waals surface area (Å²) >= 11 is 0. The van der Waals surface area contributed by atoms with Crippen molar-refractivity contribution in [1.29, 1.82) is 0 Å². The lowest BCUT2D eigenvalue weighted by molar-refractivity contribution is -0.0264. The van der Waals surface area contributed by atoms with E-state index in [-0.39, 0.29) is 0 Å². The Kier molecular flexibility index (Phi) is 42.2. The largest absolute Gasteiger partial charge is 0.379 e. The molecule has 10 heteroatoms. The zero-order valence-corrected chi connectivity index (χ0v) is 28.7. The second kappa shape index (κ2) is 42.6. The monoisotopic (exact) mass is 638 g/mol. The molecule has 0 saturated heterocycles. The van der Waals surface area contributed by atoms with Gasteiger partial charge >= 0.3 is 0 Å². The third-order valence-corrected chi connectivity index (χ3v) is 6.63. The molecule has 0 aliphatic carbocycles. The van der Waals surface area contributed by atoms with E-state index in [4.69, 9.17) is 47.4 Å². The zero-order chi connectivity index (χ0) is 31.7. The van der Waals surface area contributed by atoms with Crippen molar-refractivity contribution in [2.75, 3.05) is 132 Å². The van der Waals surface area contributed by atoms with Gasteiger partial charge in [-0.2, -0.15) is 0 Å². The first-order valence-electron chi connectivity index (χ1n) is 17.7. The van der Waals surface area contributed by atoms with Crippen molar-refractivity contribution in [3.8, 4) is 0 Å². The van der Waals surface area contributed by atoms with Crippen molar-refractivity contribution in [2.45, 2.75) is 90.9 Å². The summed E-state index contributed by atoms with van der Waals surface area (Å²) in [6.07, 6.45) is 15.5. The Morgan fingerprint density at radius 2 is 0.341 bits per heavy atom. The maximum Gasteiger partial charge on any atom is 0.0701 e. The Morgan fingerprint density at radius 3 is 0.568 bits per heavy atom. The van der Waals surface area contributed by atoms with E-state index in [1.54, 1.807) is 0 Å². The number of unbranched alkanes of at least 4 members (excludes halogenated alkanes) is 10. The van der Waals surface area contributed by atoms with E-state index in [0.717, 1.165) is 26.1 Å². The molecule has 0 fully saturated rings. The van der Waals surface area contributed by atoms with Crippen LogP contribution in [0.1, 0.15) is 90.9 Å². The van der Waals surface area contributed by atoms with Gasteiger partial charge in [-0.05, 0) is 12.8 Å². The molecule has 10 nitrogen and oxygen atoms in total. The number of rotatable bonds is 41. The molecule has 0 atom stereocenters.